The first-order chi connectivity index (χ1) is 13.0. The molecule has 0 saturated heterocycles. The molecule has 4 unspecified atom stereocenters. The van der Waals surface area contributed by atoms with Gasteiger partial charge in [-0.15, -0.1) is 0 Å². The van der Waals surface area contributed by atoms with E-state index in [1.54, 1.807) is 0 Å². The molecule has 28 heavy (non-hydrogen) atoms. The molecule has 0 rings (SSSR count). The summed E-state index contributed by atoms with van der Waals surface area (Å²) >= 11 is 0. The molecular weight excluding hydrogens is 374 g/mol. The Hall–Kier alpha value is -2.93. The van der Waals surface area contributed by atoms with E-state index in [1.165, 1.54) is 13.8 Å². The highest BCUT2D eigenvalue weighted by atomic mass is 16.4. The normalized spacial score (nSPS) is 14.7. The smallest absolute Gasteiger partial charge is 0.326 e. The highest BCUT2D eigenvalue weighted by Gasteiger charge is 2.24. The van der Waals surface area contributed by atoms with E-state index in [2.05, 4.69) is 20.9 Å². The van der Waals surface area contributed by atoms with Crippen LogP contribution < -0.4 is 33.2 Å². The van der Waals surface area contributed by atoms with Crippen molar-refractivity contribution in [2.45, 2.75) is 50.9 Å². The number of carbonyl (C=O) groups is 4. The highest BCUT2D eigenvalue weighted by molar-refractivity contribution is 5.92. The van der Waals surface area contributed by atoms with Crippen LogP contribution in [0.15, 0.2) is 4.99 Å². The molecule has 13 nitrogen and oxygen atoms in total. The lowest BCUT2D eigenvalue weighted by Gasteiger charge is -2.19. The third-order valence-electron chi connectivity index (χ3n) is 3.58. The van der Waals surface area contributed by atoms with Crippen LogP contribution in [0.5, 0.6) is 0 Å². The maximum atomic E-state index is 11.9. The lowest BCUT2D eigenvalue weighted by Crippen LogP contribution is -2.54. The summed E-state index contributed by atoms with van der Waals surface area (Å²) < 4.78 is 0. The van der Waals surface area contributed by atoms with E-state index < -0.39 is 54.5 Å². The minimum absolute atomic E-state index is 0.0928. The molecule has 0 aliphatic rings. The summed E-state index contributed by atoms with van der Waals surface area (Å²) in [5, 5.41) is 25.2. The molecule has 160 valence electrons. The molecule has 0 aliphatic heterocycles. The zero-order valence-corrected chi connectivity index (χ0v) is 15.8. The Labute approximate surface area is 162 Å². The lowest BCUT2D eigenvalue weighted by molar-refractivity contribution is -0.142. The largest absolute Gasteiger partial charge is 0.480 e. The minimum Gasteiger partial charge on any atom is -0.480 e. The molecule has 0 bridgehead atoms. The van der Waals surface area contributed by atoms with Gasteiger partial charge in [0.25, 0.3) is 0 Å². The molecule has 0 aromatic carbocycles. The van der Waals surface area contributed by atoms with Gasteiger partial charge in [-0.2, -0.15) is 0 Å². The Balaban J connectivity index is 4.41. The van der Waals surface area contributed by atoms with Crippen molar-refractivity contribution in [3.63, 3.8) is 0 Å². The van der Waals surface area contributed by atoms with Crippen LogP contribution in [0.1, 0.15) is 26.7 Å². The fourth-order valence-electron chi connectivity index (χ4n) is 1.92. The van der Waals surface area contributed by atoms with Crippen LogP contribution in [-0.2, 0) is 19.2 Å². The number of aliphatic carboxylic acids is 1. The van der Waals surface area contributed by atoms with Gasteiger partial charge in [0.15, 0.2) is 5.96 Å². The van der Waals surface area contributed by atoms with Crippen molar-refractivity contribution in [1.29, 1.82) is 0 Å². The quantitative estimate of drug-likeness (QED) is 0.0897. The summed E-state index contributed by atoms with van der Waals surface area (Å²) in [6.45, 7) is 2.42. The molecule has 13 heteroatoms. The number of amides is 3. The van der Waals surface area contributed by atoms with Gasteiger partial charge >= 0.3 is 5.97 Å². The number of rotatable bonds is 12. The maximum Gasteiger partial charge on any atom is 0.326 e. The lowest BCUT2D eigenvalue weighted by atomic mass is 10.1. The molecule has 11 N–H and O–H groups in total. The van der Waals surface area contributed by atoms with E-state index in [1.807, 2.05) is 0 Å². The second-order valence-corrected chi connectivity index (χ2v) is 6.12. The van der Waals surface area contributed by atoms with Crippen molar-refractivity contribution in [1.82, 2.24) is 16.0 Å². The standard InChI is InChI=1S/C15H29N7O6/c1-7(21-13(26)11(16)8(2)23)12(25)20-6-10(24)22-9(14(27)28)4-3-5-19-15(17)18/h7-9,11,23H,3-6,16H2,1-2H3,(H,20,25)(H,21,26)(H,22,24)(H,27,28)(H4,17,18,19). The van der Waals surface area contributed by atoms with Gasteiger partial charge in [0.05, 0.1) is 12.6 Å². The van der Waals surface area contributed by atoms with Crippen LogP contribution in [0.25, 0.3) is 0 Å². The number of aliphatic hydroxyl groups excluding tert-OH is 1. The Morgan fingerprint density at radius 1 is 1.07 bits per heavy atom. The van der Waals surface area contributed by atoms with Crippen molar-refractivity contribution in [3.05, 3.63) is 0 Å². The topological polar surface area (TPSA) is 235 Å². The van der Waals surface area contributed by atoms with E-state index in [0.717, 1.165) is 0 Å². The number of nitrogens with two attached hydrogens (primary N) is 3. The molecule has 0 aliphatic carbocycles. The van der Waals surface area contributed by atoms with Crippen LogP contribution in [0.4, 0.5) is 0 Å². The fourth-order valence-corrected chi connectivity index (χ4v) is 1.92. The van der Waals surface area contributed by atoms with Crippen molar-refractivity contribution in [2.75, 3.05) is 13.1 Å². The van der Waals surface area contributed by atoms with E-state index >= 15 is 0 Å². The number of carbonyl (C=O) groups excluding carboxylic acids is 3. The molecule has 0 aromatic rings. The van der Waals surface area contributed by atoms with Crippen LogP contribution in [0.2, 0.25) is 0 Å². The first kappa shape index (κ1) is 25.1. The molecule has 0 aromatic heterocycles. The monoisotopic (exact) mass is 403 g/mol. The van der Waals surface area contributed by atoms with Crippen molar-refractivity contribution < 1.29 is 29.4 Å². The Bertz CT molecular complexity index is 591. The zero-order valence-electron chi connectivity index (χ0n) is 15.8. The van der Waals surface area contributed by atoms with E-state index in [-0.39, 0.29) is 18.9 Å². The van der Waals surface area contributed by atoms with Crippen molar-refractivity contribution in [2.24, 2.45) is 22.2 Å². The van der Waals surface area contributed by atoms with Gasteiger partial charge in [0.1, 0.15) is 18.1 Å². The third kappa shape index (κ3) is 10.3. The molecule has 0 heterocycles. The Morgan fingerprint density at radius 2 is 1.68 bits per heavy atom. The summed E-state index contributed by atoms with van der Waals surface area (Å²) in [5.41, 5.74) is 15.8. The fraction of sp³-hybridized carbons (Fsp3) is 0.667. The minimum atomic E-state index is -1.24. The average molecular weight is 403 g/mol. The van der Waals surface area contributed by atoms with Crippen LogP contribution in [0, 0.1) is 0 Å². The predicted octanol–water partition coefficient (Wildman–Crippen LogP) is -4.06. The number of hydrogen-bond donors (Lipinski definition) is 8. The second kappa shape index (κ2) is 12.5. The SMILES string of the molecule is CC(NC(=O)C(N)C(C)O)C(=O)NCC(=O)NC(CCCN=C(N)N)C(=O)O. The van der Waals surface area contributed by atoms with Gasteiger partial charge in [0, 0.05) is 6.54 Å². The van der Waals surface area contributed by atoms with Gasteiger partial charge in [-0.3, -0.25) is 19.4 Å². The number of guanidine groups is 1. The first-order valence-electron chi connectivity index (χ1n) is 8.55. The molecule has 0 radical (unpaired) electrons. The molecule has 3 amide bonds. The van der Waals surface area contributed by atoms with E-state index in [9.17, 15) is 24.3 Å². The highest BCUT2D eigenvalue weighted by Crippen LogP contribution is 1.98. The number of aliphatic hydroxyl groups is 1. The van der Waals surface area contributed by atoms with E-state index in [4.69, 9.17) is 22.3 Å². The van der Waals surface area contributed by atoms with Gasteiger partial charge in [-0.05, 0) is 26.7 Å². The zero-order chi connectivity index (χ0) is 21.9. The number of carboxylic acid groups (broad SMARTS) is 1. The summed E-state index contributed by atoms with van der Waals surface area (Å²) in [7, 11) is 0. The van der Waals surface area contributed by atoms with Gasteiger partial charge in [0.2, 0.25) is 17.7 Å². The predicted molar refractivity (Wildman–Crippen MR) is 99.7 cm³/mol. The molecule has 0 saturated carbocycles. The van der Waals surface area contributed by atoms with Gasteiger partial charge < -0.3 is 43.4 Å². The van der Waals surface area contributed by atoms with Crippen LogP contribution in [0.3, 0.4) is 0 Å². The van der Waals surface area contributed by atoms with Crippen LogP contribution in [-0.4, -0.2) is 77.2 Å². The Morgan fingerprint density at radius 3 is 2.18 bits per heavy atom. The Kier molecular flexibility index (Phi) is 11.2. The van der Waals surface area contributed by atoms with E-state index in [0.29, 0.717) is 6.42 Å². The first-order valence-corrected chi connectivity index (χ1v) is 8.55. The number of hydrogen-bond acceptors (Lipinski definition) is 7. The number of nitrogens with one attached hydrogen (secondary N) is 3. The summed E-state index contributed by atoms with van der Waals surface area (Å²) in [6.07, 6.45) is -0.676. The molecule has 0 fully saturated rings. The molecule has 0 spiro atoms. The molecular formula is C15H29N7O6. The summed E-state index contributed by atoms with van der Waals surface area (Å²) in [5.74, 6) is -3.48. The number of aliphatic imine (C=N–C) groups is 1. The second-order valence-electron chi connectivity index (χ2n) is 6.12. The number of nitrogens with zero attached hydrogens (tertiary/aromatic N) is 1. The van der Waals surface area contributed by atoms with Crippen molar-refractivity contribution in [3.8, 4) is 0 Å². The summed E-state index contributed by atoms with van der Waals surface area (Å²) in [6, 6.07) is -3.38. The average Bonchev–Trinajstić information content (AvgIpc) is 2.60. The number of carboxylic acids is 1. The van der Waals surface area contributed by atoms with Crippen molar-refractivity contribution >= 4 is 29.7 Å². The van der Waals surface area contributed by atoms with Gasteiger partial charge in [-0.1, -0.05) is 0 Å². The maximum absolute atomic E-state index is 11.9. The molecule has 4 atom stereocenters. The third-order valence-corrected chi connectivity index (χ3v) is 3.58. The van der Waals surface area contributed by atoms with Crippen LogP contribution >= 0.6 is 0 Å². The summed E-state index contributed by atoms with van der Waals surface area (Å²) in [4.78, 5) is 50.3. The van der Waals surface area contributed by atoms with Gasteiger partial charge in [-0.25, -0.2) is 4.79 Å².